The van der Waals surface area contributed by atoms with Crippen LogP contribution in [0.4, 0.5) is 0 Å². The van der Waals surface area contributed by atoms with Crippen LogP contribution in [0.5, 0.6) is 0 Å². The van der Waals surface area contributed by atoms with Gasteiger partial charge in [0, 0.05) is 20.3 Å². The van der Waals surface area contributed by atoms with Crippen LogP contribution in [0.3, 0.4) is 0 Å². The molecule has 0 spiro atoms. The average Bonchev–Trinajstić information content (AvgIpc) is 1.71. The van der Waals surface area contributed by atoms with Crippen LogP contribution in [-0.4, -0.2) is 0 Å². The molecule has 1 aliphatic rings. The summed E-state index contributed by atoms with van der Waals surface area (Å²) in [6.07, 6.45) is 0. The number of hydrogen-bond donors (Lipinski definition) is 0. The van der Waals surface area contributed by atoms with Crippen LogP contribution in [0.25, 0.3) is 98.8 Å². The maximum Gasteiger partial charge on any atom is 0.136 e. The Bertz CT molecular complexity index is 4710. The fourth-order valence-corrected chi connectivity index (χ4v) is 7.83. The van der Waals surface area contributed by atoms with Gasteiger partial charge in [-0.2, -0.15) is 0 Å². The minimum absolute atomic E-state index is 0.0203. The zero-order chi connectivity index (χ0) is 61.4. The van der Waals surface area contributed by atoms with Gasteiger partial charge in [-0.1, -0.05) is 146 Å². The van der Waals surface area contributed by atoms with Gasteiger partial charge in [0.2, 0.25) is 0 Å². The van der Waals surface area contributed by atoms with Crippen LogP contribution in [0.1, 0.15) is 80.0 Å². The minimum Gasteiger partial charge on any atom is -0.456 e. The van der Waals surface area contributed by atoms with Crippen LogP contribution < -0.4 is 0 Å². The molecule has 262 valence electrons. The molecule has 11 rings (SSSR count). The maximum atomic E-state index is 9.83. The van der Waals surface area contributed by atoms with E-state index in [2.05, 4.69) is 0 Å². The Balaban J connectivity index is 1.31. The van der Waals surface area contributed by atoms with Crippen molar-refractivity contribution in [2.45, 2.75) is 40.0 Å². The predicted octanol–water partition coefficient (Wildman–Crippen LogP) is 15.3. The van der Waals surface area contributed by atoms with Crippen LogP contribution in [0.2, 0.25) is 0 Å². The Hall–Kier alpha value is -6.44. The molecule has 1 aliphatic carbocycles. The van der Waals surface area contributed by atoms with Crippen molar-refractivity contribution in [3.05, 3.63) is 179 Å². The fourth-order valence-electron chi connectivity index (χ4n) is 7.83. The van der Waals surface area contributed by atoms with E-state index in [-0.39, 0.29) is 50.4 Å². The first kappa shape index (κ1) is 14.7. The summed E-state index contributed by atoms with van der Waals surface area (Å²) in [5, 5.41) is -3.71. The molecule has 0 fully saturated rings. The van der Waals surface area contributed by atoms with Gasteiger partial charge >= 0.3 is 0 Å². The molecular formula is C54H40O. The topological polar surface area (TPSA) is 13.1 Å². The summed E-state index contributed by atoms with van der Waals surface area (Å²) in [5.74, 6) is 0. The molecule has 1 aromatic heterocycles. The fraction of sp³-hybridized carbons (Fsp3) is 0.111. The molecule has 1 nitrogen and oxygen atoms in total. The van der Waals surface area contributed by atoms with Gasteiger partial charge in [0.1, 0.15) is 11.2 Å². The molecule has 1 heteroatoms. The van der Waals surface area contributed by atoms with Crippen molar-refractivity contribution in [3.8, 4) is 44.5 Å². The lowest BCUT2D eigenvalue weighted by atomic mass is 9.77. The van der Waals surface area contributed by atoms with Crippen LogP contribution in [0.15, 0.2) is 155 Å². The van der Waals surface area contributed by atoms with Gasteiger partial charge in [0.05, 0.1) is 34.3 Å². The van der Waals surface area contributed by atoms with E-state index in [0.717, 1.165) is 0 Å². The zero-order valence-electron chi connectivity index (χ0n) is 57.4. The zero-order valence-corrected chi connectivity index (χ0v) is 29.4. The van der Waals surface area contributed by atoms with Gasteiger partial charge in [0.25, 0.3) is 0 Å². The van der Waals surface area contributed by atoms with E-state index in [1.54, 1.807) is 0 Å². The van der Waals surface area contributed by atoms with Crippen molar-refractivity contribution in [3.63, 3.8) is 0 Å². The number of fused-ring (bicyclic) bond motifs is 9. The monoisotopic (exact) mass is 732 g/mol. The lowest BCUT2D eigenvalue weighted by Gasteiger charge is -2.26. The molecule has 0 saturated heterocycles. The van der Waals surface area contributed by atoms with E-state index in [0.29, 0.717) is 0 Å². The molecule has 1 heterocycles. The summed E-state index contributed by atoms with van der Waals surface area (Å²) in [5.41, 5.74) is -8.32. The summed E-state index contributed by atoms with van der Waals surface area (Å²) >= 11 is 0. The number of benzene rings is 9. The van der Waals surface area contributed by atoms with Crippen LogP contribution in [-0.2, 0) is 5.41 Å². The van der Waals surface area contributed by atoms with E-state index < -0.39 is 240 Å². The Morgan fingerprint density at radius 1 is 0.509 bits per heavy atom. The standard InChI is InChI=1S/C54H40O/c1-31-17-25-47-44(27-31)42-24-23-39(33(3)53(42)54(47,4)5)52-41-15-9-8-14-40(41)51(50-32(2)11-10-16-43(50)52)35-20-18-34(19-21-35)38-22-26-48-45(29-38)46-28-36-12-6-7-13-37(36)30-49(46)55-48/h6-30H,1-5H3/i4D3,6D,7D,8D,9D,10D,11D,12D,13D,14D,15D,16D,17D,18D,19D,20D,21D,22D,23D,24D,25D,26D,27D,28D,29D,30D. The van der Waals surface area contributed by atoms with Gasteiger partial charge in [-0.15, -0.1) is 0 Å². The molecule has 55 heavy (non-hydrogen) atoms. The van der Waals surface area contributed by atoms with Crippen molar-refractivity contribution < 1.29 is 42.8 Å². The molecule has 10 aromatic rings. The predicted molar refractivity (Wildman–Crippen MR) is 234 cm³/mol. The van der Waals surface area contributed by atoms with E-state index in [9.17, 15) is 16.4 Å². The van der Waals surface area contributed by atoms with E-state index >= 15 is 0 Å². The third kappa shape index (κ3) is 4.60. The molecule has 0 bridgehead atoms. The highest BCUT2D eigenvalue weighted by atomic mass is 16.3. The van der Waals surface area contributed by atoms with Gasteiger partial charge in [-0.25, -0.2) is 0 Å². The summed E-state index contributed by atoms with van der Waals surface area (Å²) in [7, 11) is 0. The number of aryl methyl sites for hydroxylation is 1. The smallest absolute Gasteiger partial charge is 0.136 e. The van der Waals surface area contributed by atoms with Crippen molar-refractivity contribution in [1.29, 1.82) is 0 Å². The molecule has 0 radical (unpaired) electrons. The molecule has 0 saturated carbocycles. The van der Waals surface area contributed by atoms with Crippen LogP contribution in [0, 0.1) is 20.8 Å². The van der Waals surface area contributed by atoms with Crippen LogP contribution >= 0.6 is 0 Å². The number of furan rings is 1. The van der Waals surface area contributed by atoms with Crippen molar-refractivity contribution >= 4 is 54.3 Å². The minimum atomic E-state index is -3.12. The Kier molecular flexibility index (Phi) is 3.07. The maximum absolute atomic E-state index is 9.83. The summed E-state index contributed by atoms with van der Waals surface area (Å²) < 4.78 is 263. The second kappa shape index (κ2) is 11.5. The Morgan fingerprint density at radius 3 is 1.98 bits per heavy atom. The van der Waals surface area contributed by atoms with Gasteiger partial charge in [-0.3, -0.25) is 0 Å². The molecule has 0 N–H and O–H groups in total. The normalized spacial score (nSPS) is 22.5. The van der Waals surface area contributed by atoms with Gasteiger partial charge in [0.15, 0.2) is 0 Å². The number of hydrogen-bond acceptors (Lipinski definition) is 1. The molecule has 9 aromatic carbocycles. The third-order valence-electron chi connectivity index (χ3n) is 10.3. The van der Waals surface area contributed by atoms with E-state index in [4.69, 9.17) is 26.3 Å². The lowest BCUT2D eigenvalue weighted by Crippen LogP contribution is -2.17. The van der Waals surface area contributed by atoms with E-state index in [1.165, 1.54) is 27.7 Å². The van der Waals surface area contributed by atoms with Gasteiger partial charge in [-0.05, 0) is 144 Å². The Morgan fingerprint density at radius 2 is 1.18 bits per heavy atom. The second-order valence-corrected chi connectivity index (χ2v) is 13.6. The summed E-state index contributed by atoms with van der Waals surface area (Å²) in [6.45, 7) is 2.14. The molecule has 0 aliphatic heterocycles. The van der Waals surface area contributed by atoms with Crippen molar-refractivity contribution in [1.82, 2.24) is 0 Å². The quantitative estimate of drug-likeness (QED) is 0.165. The third-order valence-corrected chi connectivity index (χ3v) is 10.3. The highest BCUT2D eigenvalue weighted by Crippen LogP contribution is 2.53. The molecule has 0 amide bonds. The molecule has 1 unspecified atom stereocenters. The largest absolute Gasteiger partial charge is 0.456 e. The first-order valence-electron chi connectivity index (χ1n) is 31.2. The van der Waals surface area contributed by atoms with E-state index in [1.807, 2.05) is 0 Å². The highest BCUT2D eigenvalue weighted by Gasteiger charge is 2.37. The first-order chi connectivity index (χ1) is 38.5. The Labute approximate surface area is 360 Å². The molecular weight excluding hydrogens is 665 g/mol. The molecule has 1 atom stereocenters. The van der Waals surface area contributed by atoms with Gasteiger partial charge < -0.3 is 4.42 Å². The summed E-state index contributed by atoms with van der Waals surface area (Å²) in [6, 6.07) is -19.5. The SMILES string of the molecule is [2H]c1c([2H])c2c(c([2H])c1C)-c1c([2H])c([2H])c(-c3c4c([2H])c([2H])c([2H])c([2H])c4c(-c4c([2H])c([2H])c(-c5c([2H])c([2H])c6oc7c([2H])c8c([2H])c([2H])c([2H])c([2H])c8c([2H])c7c6c5[2H])c([2H])c4[2H])c4c(C)c([2H])c([2H])c([2H])c34)c(C)c1C2(C)C([2H])([2H])[2H]. The van der Waals surface area contributed by atoms with Crippen molar-refractivity contribution in [2.75, 3.05) is 0 Å². The number of rotatable bonds is 3. The van der Waals surface area contributed by atoms with Crippen molar-refractivity contribution in [2.24, 2.45) is 0 Å². The highest BCUT2D eigenvalue weighted by molar-refractivity contribution is 6.22. The average molecular weight is 733 g/mol. The first-order valence-corrected chi connectivity index (χ1v) is 17.2. The second-order valence-electron chi connectivity index (χ2n) is 13.6. The lowest BCUT2D eigenvalue weighted by molar-refractivity contribution is 0.656. The summed E-state index contributed by atoms with van der Waals surface area (Å²) in [4.78, 5) is 0.